The average Bonchev–Trinajstić information content (AvgIpc) is 2.42. The SMILES string of the molecule is NNc1ccccc1S(=O)(=O)Nc1cc(Br)ccc1Br. The smallest absolute Gasteiger partial charge is 0.264 e. The minimum atomic E-state index is -3.74. The van der Waals surface area contributed by atoms with E-state index in [1.54, 1.807) is 36.4 Å². The van der Waals surface area contributed by atoms with Crippen molar-refractivity contribution in [2.24, 2.45) is 5.84 Å². The van der Waals surface area contributed by atoms with Crippen molar-refractivity contribution in [2.75, 3.05) is 10.1 Å². The van der Waals surface area contributed by atoms with Crippen LogP contribution in [-0.2, 0) is 10.0 Å². The average molecular weight is 421 g/mol. The van der Waals surface area contributed by atoms with Crippen LogP contribution in [0.3, 0.4) is 0 Å². The molecule has 0 heterocycles. The number of nitrogen functional groups attached to an aromatic ring is 1. The van der Waals surface area contributed by atoms with E-state index in [0.29, 0.717) is 15.8 Å². The van der Waals surface area contributed by atoms with Crippen molar-refractivity contribution < 1.29 is 8.42 Å². The van der Waals surface area contributed by atoms with E-state index >= 15 is 0 Å². The molecule has 0 aromatic heterocycles. The third-order valence-corrected chi connectivity index (χ3v) is 5.11. The molecule has 0 atom stereocenters. The summed E-state index contributed by atoms with van der Waals surface area (Å²) in [7, 11) is -3.74. The fourth-order valence-electron chi connectivity index (χ4n) is 1.60. The van der Waals surface area contributed by atoms with Gasteiger partial charge in [0.15, 0.2) is 0 Å². The van der Waals surface area contributed by atoms with Crippen LogP contribution >= 0.6 is 31.9 Å². The molecule has 0 aliphatic rings. The minimum Gasteiger partial charge on any atom is -0.323 e. The Balaban J connectivity index is 2.43. The van der Waals surface area contributed by atoms with Crippen LogP contribution in [0.15, 0.2) is 56.3 Å². The number of hydrogen-bond donors (Lipinski definition) is 3. The molecule has 0 unspecified atom stereocenters. The molecular weight excluding hydrogens is 410 g/mol. The first-order chi connectivity index (χ1) is 9.44. The zero-order valence-corrected chi connectivity index (χ0v) is 14.1. The number of hydrazine groups is 1. The zero-order valence-electron chi connectivity index (χ0n) is 10.1. The number of para-hydroxylation sites is 1. The van der Waals surface area contributed by atoms with Gasteiger partial charge in [-0.1, -0.05) is 28.1 Å². The number of sulfonamides is 1. The van der Waals surface area contributed by atoms with Crippen molar-refractivity contribution in [3.8, 4) is 0 Å². The Morgan fingerprint density at radius 3 is 2.40 bits per heavy atom. The van der Waals surface area contributed by atoms with E-state index in [4.69, 9.17) is 5.84 Å². The summed E-state index contributed by atoms with van der Waals surface area (Å²) in [5.74, 6) is 5.34. The maximum absolute atomic E-state index is 12.4. The van der Waals surface area contributed by atoms with E-state index in [-0.39, 0.29) is 4.90 Å². The summed E-state index contributed by atoms with van der Waals surface area (Å²) in [6.07, 6.45) is 0. The second kappa shape index (κ2) is 6.13. The number of rotatable bonds is 4. The Kier molecular flexibility index (Phi) is 4.69. The van der Waals surface area contributed by atoms with E-state index in [2.05, 4.69) is 42.0 Å². The molecule has 106 valence electrons. The number of nitrogens with one attached hydrogen (secondary N) is 2. The Bertz CT molecular complexity index is 735. The first kappa shape index (κ1) is 15.3. The van der Waals surface area contributed by atoms with Crippen LogP contribution < -0.4 is 16.0 Å². The molecule has 8 heteroatoms. The van der Waals surface area contributed by atoms with Crippen molar-refractivity contribution in [1.82, 2.24) is 0 Å². The Morgan fingerprint density at radius 1 is 1.00 bits per heavy atom. The van der Waals surface area contributed by atoms with Crippen LogP contribution in [0.25, 0.3) is 0 Å². The molecule has 2 rings (SSSR count). The molecule has 0 bridgehead atoms. The molecule has 5 nitrogen and oxygen atoms in total. The Labute approximate surface area is 133 Å². The fourth-order valence-corrected chi connectivity index (χ4v) is 3.68. The molecule has 0 spiro atoms. The number of anilines is 2. The first-order valence-electron chi connectivity index (χ1n) is 5.47. The van der Waals surface area contributed by atoms with Crippen molar-refractivity contribution in [2.45, 2.75) is 4.90 Å². The topological polar surface area (TPSA) is 84.2 Å². The normalized spacial score (nSPS) is 11.2. The number of nitrogens with two attached hydrogens (primary N) is 1. The van der Waals surface area contributed by atoms with Crippen molar-refractivity contribution in [3.05, 3.63) is 51.4 Å². The Hall–Kier alpha value is -1.09. The second-order valence-corrected chi connectivity index (χ2v) is 7.29. The van der Waals surface area contributed by atoms with Gasteiger partial charge in [0.1, 0.15) is 4.90 Å². The third-order valence-electron chi connectivity index (χ3n) is 2.50. The highest BCUT2D eigenvalue weighted by Gasteiger charge is 2.19. The van der Waals surface area contributed by atoms with E-state index < -0.39 is 10.0 Å². The molecule has 2 aromatic carbocycles. The monoisotopic (exact) mass is 419 g/mol. The molecule has 4 N–H and O–H groups in total. The van der Waals surface area contributed by atoms with E-state index in [1.165, 1.54) is 6.07 Å². The van der Waals surface area contributed by atoms with Crippen molar-refractivity contribution >= 4 is 53.3 Å². The van der Waals surface area contributed by atoms with Crippen LogP contribution in [0.4, 0.5) is 11.4 Å². The van der Waals surface area contributed by atoms with Crippen LogP contribution in [0, 0.1) is 0 Å². The molecular formula is C12H11Br2N3O2S. The first-order valence-corrected chi connectivity index (χ1v) is 8.54. The fraction of sp³-hybridized carbons (Fsp3) is 0. The van der Waals surface area contributed by atoms with Gasteiger partial charge in [0.05, 0.1) is 11.4 Å². The second-order valence-electron chi connectivity index (χ2n) is 3.87. The third kappa shape index (κ3) is 3.32. The van der Waals surface area contributed by atoms with E-state index in [1.807, 2.05) is 0 Å². The summed E-state index contributed by atoms with van der Waals surface area (Å²) in [4.78, 5) is 0.0781. The lowest BCUT2D eigenvalue weighted by Gasteiger charge is -2.13. The summed E-state index contributed by atoms with van der Waals surface area (Å²) in [6, 6.07) is 11.6. The molecule has 0 saturated heterocycles. The van der Waals surface area contributed by atoms with E-state index in [9.17, 15) is 8.42 Å². The van der Waals surface area contributed by atoms with Gasteiger partial charge in [-0.3, -0.25) is 10.6 Å². The largest absolute Gasteiger partial charge is 0.323 e. The molecule has 0 amide bonds. The highest BCUT2D eigenvalue weighted by Crippen LogP contribution is 2.29. The summed E-state index contributed by atoms with van der Waals surface area (Å²) < 4.78 is 28.7. The maximum atomic E-state index is 12.4. The quantitative estimate of drug-likeness (QED) is 0.523. The summed E-state index contributed by atoms with van der Waals surface area (Å²) in [6.45, 7) is 0. The summed E-state index contributed by atoms with van der Waals surface area (Å²) >= 11 is 6.60. The zero-order chi connectivity index (χ0) is 14.8. The lowest BCUT2D eigenvalue weighted by molar-refractivity contribution is 0.601. The van der Waals surface area contributed by atoms with Gasteiger partial charge in [0.25, 0.3) is 10.0 Å². The molecule has 0 aliphatic heterocycles. The maximum Gasteiger partial charge on any atom is 0.264 e. The highest BCUT2D eigenvalue weighted by molar-refractivity contribution is 9.11. The lowest BCUT2D eigenvalue weighted by Crippen LogP contribution is -2.17. The number of benzene rings is 2. The van der Waals surface area contributed by atoms with Crippen molar-refractivity contribution in [3.63, 3.8) is 0 Å². The summed E-state index contributed by atoms with van der Waals surface area (Å²) in [5.41, 5.74) is 3.13. The van der Waals surface area contributed by atoms with Crippen LogP contribution in [-0.4, -0.2) is 8.42 Å². The van der Waals surface area contributed by atoms with Gasteiger partial charge in [-0.05, 0) is 46.3 Å². The molecule has 2 aromatic rings. The Morgan fingerprint density at radius 2 is 1.70 bits per heavy atom. The van der Waals surface area contributed by atoms with Gasteiger partial charge in [-0.25, -0.2) is 8.42 Å². The van der Waals surface area contributed by atoms with Gasteiger partial charge in [0, 0.05) is 8.95 Å². The highest BCUT2D eigenvalue weighted by atomic mass is 79.9. The summed E-state index contributed by atoms with van der Waals surface area (Å²) in [5, 5.41) is 0. The number of halogens is 2. The van der Waals surface area contributed by atoms with Crippen molar-refractivity contribution in [1.29, 1.82) is 0 Å². The van der Waals surface area contributed by atoms with Crippen LogP contribution in [0.5, 0.6) is 0 Å². The molecule has 0 aliphatic carbocycles. The van der Waals surface area contributed by atoms with Crippen LogP contribution in [0.2, 0.25) is 0 Å². The molecule has 0 saturated carbocycles. The molecule has 20 heavy (non-hydrogen) atoms. The lowest BCUT2D eigenvalue weighted by atomic mass is 10.3. The van der Waals surface area contributed by atoms with Crippen LogP contribution in [0.1, 0.15) is 0 Å². The van der Waals surface area contributed by atoms with Gasteiger partial charge < -0.3 is 5.43 Å². The minimum absolute atomic E-state index is 0.0781. The van der Waals surface area contributed by atoms with Gasteiger partial charge in [-0.15, -0.1) is 0 Å². The molecule has 0 radical (unpaired) electrons. The standard InChI is InChI=1S/C12H11Br2N3O2S/c13-8-5-6-9(14)11(7-8)17-20(18,19)12-4-2-1-3-10(12)16-15/h1-7,16-17H,15H2. The van der Waals surface area contributed by atoms with Gasteiger partial charge >= 0.3 is 0 Å². The predicted molar refractivity (Wildman–Crippen MR) is 86.9 cm³/mol. The number of hydrogen-bond acceptors (Lipinski definition) is 4. The predicted octanol–water partition coefficient (Wildman–Crippen LogP) is 3.30. The van der Waals surface area contributed by atoms with Gasteiger partial charge in [-0.2, -0.15) is 0 Å². The van der Waals surface area contributed by atoms with E-state index in [0.717, 1.165) is 4.47 Å². The van der Waals surface area contributed by atoms with Gasteiger partial charge in [0.2, 0.25) is 0 Å². The molecule has 0 fully saturated rings.